The maximum absolute atomic E-state index is 12.3. The molecule has 0 heterocycles. The normalized spacial score (nSPS) is 11.2. The summed E-state index contributed by atoms with van der Waals surface area (Å²) >= 11 is 11.4. The van der Waals surface area contributed by atoms with Crippen molar-refractivity contribution >= 4 is 50.3 Å². The van der Waals surface area contributed by atoms with Gasteiger partial charge >= 0.3 is 0 Å². The Balaban J connectivity index is 2.22. The van der Waals surface area contributed by atoms with Crippen LogP contribution in [-0.2, 0) is 10.0 Å². The summed E-state index contributed by atoms with van der Waals surface area (Å²) in [5.41, 5.74) is 1.07. The zero-order valence-corrected chi connectivity index (χ0v) is 17.6. The molecule has 0 aliphatic heterocycles. The highest BCUT2D eigenvalue weighted by molar-refractivity contribution is 7.89. The standard InChI is InChI=1S/C17H20ClN3O4S2/c1-21(2)27(22,23)12-7-5-6-11(8-12)19-17(26)20-14-10-15(24-3)13(18)9-16(14)25-4/h5-10H,1-4H3,(H2,19,20,26). The molecule has 0 aliphatic carbocycles. The van der Waals surface area contributed by atoms with Crippen molar-refractivity contribution in [3.63, 3.8) is 0 Å². The Bertz CT molecular complexity index is 949. The van der Waals surface area contributed by atoms with Gasteiger partial charge in [0.25, 0.3) is 0 Å². The van der Waals surface area contributed by atoms with E-state index in [9.17, 15) is 8.42 Å². The number of anilines is 2. The molecular formula is C17H20ClN3O4S2. The molecule has 0 unspecified atom stereocenters. The summed E-state index contributed by atoms with van der Waals surface area (Å²) in [7, 11) is 2.42. The highest BCUT2D eigenvalue weighted by Gasteiger charge is 2.17. The maximum atomic E-state index is 12.3. The number of benzene rings is 2. The van der Waals surface area contributed by atoms with E-state index in [1.54, 1.807) is 24.3 Å². The number of hydrogen-bond donors (Lipinski definition) is 2. The Morgan fingerprint density at radius 1 is 1.07 bits per heavy atom. The smallest absolute Gasteiger partial charge is 0.242 e. The van der Waals surface area contributed by atoms with E-state index in [-0.39, 0.29) is 10.0 Å². The quantitative estimate of drug-likeness (QED) is 0.681. The van der Waals surface area contributed by atoms with Crippen molar-refractivity contribution in [2.45, 2.75) is 4.90 Å². The van der Waals surface area contributed by atoms with Gasteiger partial charge in [0, 0.05) is 31.9 Å². The van der Waals surface area contributed by atoms with Crippen molar-refractivity contribution in [2.75, 3.05) is 38.9 Å². The van der Waals surface area contributed by atoms with Gasteiger partial charge in [0.1, 0.15) is 11.5 Å². The van der Waals surface area contributed by atoms with Gasteiger partial charge in [-0.1, -0.05) is 17.7 Å². The molecule has 0 spiro atoms. The van der Waals surface area contributed by atoms with Gasteiger partial charge in [-0.05, 0) is 30.4 Å². The second-order valence-corrected chi connectivity index (χ2v) is 8.55. The number of nitrogens with one attached hydrogen (secondary N) is 2. The van der Waals surface area contributed by atoms with Gasteiger partial charge in [0.05, 0.1) is 29.8 Å². The highest BCUT2D eigenvalue weighted by atomic mass is 35.5. The van der Waals surface area contributed by atoms with Crippen LogP contribution in [0.4, 0.5) is 11.4 Å². The average molecular weight is 430 g/mol. The molecule has 0 amide bonds. The Hall–Kier alpha value is -2.07. The maximum Gasteiger partial charge on any atom is 0.242 e. The fraction of sp³-hybridized carbons (Fsp3) is 0.235. The zero-order chi connectivity index (χ0) is 20.2. The second kappa shape index (κ2) is 8.75. The Labute approximate surface area is 169 Å². The monoisotopic (exact) mass is 429 g/mol. The van der Waals surface area contributed by atoms with E-state index in [4.69, 9.17) is 33.3 Å². The van der Waals surface area contributed by atoms with Crippen LogP contribution in [0.15, 0.2) is 41.3 Å². The molecule has 10 heteroatoms. The molecule has 0 atom stereocenters. The predicted octanol–water partition coefficient (Wildman–Crippen LogP) is 3.42. The molecule has 27 heavy (non-hydrogen) atoms. The lowest BCUT2D eigenvalue weighted by atomic mass is 10.2. The van der Waals surface area contributed by atoms with Crippen LogP contribution in [0.1, 0.15) is 0 Å². The first kappa shape index (κ1) is 21.2. The van der Waals surface area contributed by atoms with Gasteiger partial charge in [-0.2, -0.15) is 0 Å². The number of halogens is 1. The average Bonchev–Trinajstić information content (AvgIpc) is 2.62. The van der Waals surface area contributed by atoms with Crippen molar-refractivity contribution in [1.29, 1.82) is 0 Å². The van der Waals surface area contributed by atoms with Crippen LogP contribution >= 0.6 is 23.8 Å². The first-order chi connectivity index (χ1) is 12.7. The summed E-state index contributed by atoms with van der Waals surface area (Å²) in [5.74, 6) is 0.940. The molecule has 146 valence electrons. The largest absolute Gasteiger partial charge is 0.495 e. The van der Waals surface area contributed by atoms with Crippen LogP contribution in [0.25, 0.3) is 0 Å². The van der Waals surface area contributed by atoms with E-state index < -0.39 is 10.0 Å². The molecular weight excluding hydrogens is 410 g/mol. The van der Waals surface area contributed by atoms with Crippen molar-refractivity contribution < 1.29 is 17.9 Å². The van der Waals surface area contributed by atoms with Crippen molar-refractivity contribution in [3.8, 4) is 11.5 Å². The minimum absolute atomic E-state index is 0.158. The SMILES string of the molecule is COc1cc(NC(=S)Nc2cccc(S(=O)(=O)N(C)C)c2)c(OC)cc1Cl. The van der Waals surface area contributed by atoms with E-state index in [1.807, 2.05) is 0 Å². The molecule has 0 saturated carbocycles. The minimum Gasteiger partial charge on any atom is -0.495 e. The van der Waals surface area contributed by atoms with Crippen LogP contribution in [0, 0.1) is 0 Å². The molecule has 0 fully saturated rings. The number of hydrogen-bond acceptors (Lipinski definition) is 5. The number of rotatable bonds is 6. The van der Waals surface area contributed by atoms with Crippen LogP contribution in [0.2, 0.25) is 5.02 Å². The van der Waals surface area contributed by atoms with Gasteiger partial charge in [-0.15, -0.1) is 0 Å². The fourth-order valence-corrected chi connectivity index (χ4v) is 3.59. The summed E-state index contributed by atoms with van der Waals surface area (Å²) in [5, 5.41) is 6.59. The lowest BCUT2D eigenvalue weighted by Crippen LogP contribution is -2.23. The zero-order valence-electron chi connectivity index (χ0n) is 15.2. The lowest BCUT2D eigenvalue weighted by Gasteiger charge is -2.16. The summed E-state index contributed by atoms with van der Waals surface area (Å²) in [6.45, 7) is 0. The van der Waals surface area contributed by atoms with Crippen molar-refractivity contribution in [3.05, 3.63) is 41.4 Å². The van der Waals surface area contributed by atoms with Gasteiger partial charge in [-0.25, -0.2) is 12.7 Å². The Morgan fingerprint density at radius 3 is 2.33 bits per heavy atom. The summed E-state index contributed by atoms with van der Waals surface area (Å²) < 4.78 is 36.1. The number of nitrogens with zero attached hydrogens (tertiary/aromatic N) is 1. The van der Waals surface area contributed by atoms with Gasteiger partial charge in [0.2, 0.25) is 10.0 Å². The molecule has 2 aromatic carbocycles. The van der Waals surface area contributed by atoms with E-state index in [1.165, 1.54) is 40.4 Å². The first-order valence-electron chi connectivity index (χ1n) is 7.71. The van der Waals surface area contributed by atoms with Crippen molar-refractivity contribution in [2.24, 2.45) is 0 Å². The molecule has 0 saturated heterocycles. The lowest BCUT2D eigenvalue weighted by molar-refractivity contribution is 0.405. The topological polar surface area (TPSA) is 79.9 Å². The molecule has 2 N–H and O–H groups in total. The van der Waals surface area contributed by atoms with Crippen molar-refractivity contribution in [1.82, 2.24) is 4.31 Å². The van der Waals surface area contributed by atoms with Crippen LogP contribution in [0.5, 0.6) is 11.5 Å². The third-order valence-electron chi connectivity index (χ3n) is 3.59. The predicted molar refractivity (Wildman–Crippen MR) is 112 cm³/mol. The Kier molecular flexibility index (Phi) is 6.88. The van der Waals surface area contributed by atoms with Gasteiger partial charge in [-0.3, -0.25) is 0 Å². The number of ether oxygens (including phenoxy) is 2. The Morgan fingerprint density at radius 2 is 1.74 bits per heavy atom. The van der Waals surface area contributed by atoms with E-state index >= 15 is 0 Å². The highest BCUT2D eigenvalue weighted by Crippen LogP contribution is 2.36. The van der Waals surface area contributed by atoms with Gasteiger partial charge < -0.3 is 20.1 Å². The number of thiocarbonyl (C=S) groups is 1. The molecule has 0 aliphatic rings. The van der Waals surface area contributed by atoms with Crippen LogP contribution < -0.4 is 20.1 Å². The van der Waals surface area contributed by atoms with Gasteiger partial charge in [0.15, 0.2) is 5.11 Å². The molecule has 0 bridgehead atoms. The van der Waals surface area contributed by atoms with Crippen LogP contribution in [-0.4, -0.2) is 46.2 Å². The molecule has 2 aromatic rings. The van der Waals surface area contributed by atoms with Crippen LogP contribution in [0.3, 0.4) is 0 Å². The second-order valence-electron chi connectivity index (χ2n) is 5.58. The molecule has 0 radical (unpaired) electrons. The fourth-order valence-electron chi connectivity index (χ4n) is 2.19. The molecule has 0 aromatic heterocycles. The third kappa shape index (κ3) is 5.01. The number of methoxy groups -OCH3 is 2. The van der Waals surface area contributed by atoms with E-state index in [0.29, 0.717) is 27.9 Å². The molecule has 7 nitrogen and oxygen atoms in total. The summed E-state index contributed by atoms with van der Waals surface area (Å²) in [6, 6.07) is 9.63. The summed E-state index contributed by atoms with van der Waals surface area (Å²) in [6.07, 6.45) is 0. The number of sulfonamides is 1. The third-order valence-corrected chi connectivity index (χ3v) is 5.90. The minimum atomic E-state index is -3.54. The van der Waals surface area contributed by atoms with E-state index in [0.717, 1.165) is 4.31 Å². The molecule has 2 rings (SSSR count). The first-order valence-corrected chi connectivity index (χ1v) is 9.93. The van der Waals surface area contributed by atoms with E-state index in [2.05, 4.69) is 10.6 Å². The summed E-state index contributed by atoms with van der Waals surface area (Å²) in [4.78, 5) is 0.158.